The van der Waals surface area contributed by atoms with Gasteiger partial charge in [-0.15, -0.1) is 5.10 Å². The van der Waals surface area contributed by atoms with Crippen molar-refractivity contribution in [1.82, 2.24) is 25.2 Å². The van der Waals surface area contributed by atoms with E-state index in [1.165, 1.54) is 12.8 Å². The lowest BCUT2D eigenvalue weighted by molar-refractivity contribution is -0.0360. The van der Waals surface area contributed by atoms with Gasteiger partial charge in [-0.25, -0.2) is 4.68 Å². The van der Waals surface area contributed by atoms with Gasteiger partial charge in [0.15, 0.2) is 0 Å². The Morgan fingerprint density at radius 3 is 3.15 bits per heavy atom. The highest BCUT2D eigenvalue weighted by Gasteiger charge is 2.21. The summed E-state index contributed by atoms with van der Waals surface area (Å²) in [5.41, 5.74) is 1.02. The van der Waals surface area contributed by atoms with Crippen molar-refractivity contribution in [1.29, 1.82) is 0 Å². The van der Waals surface area contributed by atoms with Crippen LogP contribution < -0.4 is 5.32 Å². The van der Waals surface area contributed by atoms with Gasteiger partial charge in [0.25, 0.3) is 0 Å². The molecule has 6 nitrogen and oxygen atoms in total. The van der Waals surface area contributed by atoms with E-state index in [0.29, 0.717) is 0 Å². The van der Waals surface area contributed by atoms with Gasteiger partial charge < -0.3 is 10.1 Å². The van der Waals surface area contributed by atoms with Crippen LogP contribution in [0.3, 0.4) is 0 Å². The molecule has 2 fully saturated rings. The van der Waals surface area contributed by atoms with E-state index in [-0.39, 0.29) is 6.10 Å². The van der Waals surface area contributed by atoms with Crippen molar-refractivity contribution in [3.8, 4) is 0 Å². The highest BCUT2D eigenvalue weighted by Crippen LogP contribution is 2.27. The minimum Gasteiger partial charge on any atom is -0.374 e. The van der Waals surface area contributed by atoms with Crippen LogP contribution in [-0.2, 0) is 17.8 Å². The molecule has 1 unspecified atom stereocenters. The SMILES string of the molecule is CCN1CCOC(Cn2cc(CNCC3CC3)nn2)C1. The first kappa shape index (κ1) is 14.0. The average Bonchev–Trinajstić information content (AvgIpc) is 3.19. The van der Waals surface area contributed by atoms with Crippen LogP contribution in [0.1, 0.15) is 25.5 Å². The first-order valence-corrected chi connectivity index (χ1v) is 7.77. The second-order valence-corrected chi connectivity index (χ2v) is 5.89. The van der Waals surface area contributed by atoms with Crippen LogP contribution in [0.2, 0.25) is 0 Å². The van der Waals surface area contributed by atoms with Crippen molar-refractivity contribution in [2.75, 3.05) is 32.8 Å². The van der Waals surface area contributed by atoms with E-state index in [1.807, 2.05) is 10.9 Å². The molecule has 1 aliphatic carbocycles. The summed E-state index contributed by atoms with van der Waals surface area (Å²) >= 11 is 0. The van der Waals surface area contributed by atoms with Gasteiger partial charge in [-0.2, -0.15) is 0 Å². The Bertz CT molecular complexity index is 417. The molecular weight excluding hydrogens is 254 g/mol. The predicted octanol–water partition coefficient (Wildman–Crippen LogP) is 0.498. The highest BCUT2D eigenvalue weighted by atomic mass is 16.5. The Kier molecular flexibility index (Phi) is 4.65. The van der Waals surface area contributed by atoms with E-state index in [2.05, 4.69) is 27.5 Å². The molecule has 6 heteroatoms. The van der Waals surface area contributed by atoms with Gasteiger partial charge >= 0.3 is 0 Å². The molecule has 1 N–H and O–H groups in total. The number of rotatable bonds is 7. The molecule has 1 aromatic rings. The van der Waals surface area contributed by atoms with E-state index in [9.17, 15) is 0 Å². The molecule has 1 atom stereocenters. The maximum Gasteiger partial charge on any atom is 0.0964 e. The van der Waals surface area contributed by atoms with Gasteiger partial charge in [-0.3, -0.25) is 4.90 Å². The largest absolute Gasteiger partial charge is 0.374 e. The molecule has 1 saturated carbocycles. The number of aromatic nitrogens is 3. The number of nitrogens with one attached hydrogen (secondary N) is 1. The first-order chi connectivity index (χ1) is 9.83. The van der Waals surface area contributed by atoms with Crippen LogP contribution in [0.15, 0.2) is 6.20 Å². The lowest BCUT2D eigenvalue weighted by Crippen LogP contribution is -2.44. The number of likely N-dealkylation sites (N-methyl/N-ethyl adjacent to an activating group) is 1. The van der Waals surface area contributed by atoms with Crippen LogP contribution in [0.5, 0.6) is 0 Å². The van der Waals surface area contributed by atoms with E-state index < -0.39 is 0 Å². The van der Waals surface area contributed by atoms with Crippen LogP contribution >= 0.6 is 0 Å². The van der Waals surface area contributed by atoms with Gasteiger partial charge in [0.1, 0.15) is 0 Å². The van der Waals surface area contributed by atoms with E-state index in [4.69, 9.17) is 4.74 Å². The fourth-order valence-corrected chi connectivity index (χ4v) is 2.62. The topological polar surface area (TPSA) is 55.2 Å². The Labute approximate surface area is 120 Å². The number of nitrogens with zero attached hydrogens (tertiary/aromatic N) is 4. The summed E-state index contributed by atoms with van der Waals surface area (Å²) in [6.07, 6.45) is 5.03. The Hall–Kier alpha value is -0.980. The first-order valence-electron chi connectivity index (χ1n) is 7.77. The van der Waals surface area contributed by atoms with Crippen molar-refractivity contribution in [2.24, 2.45) is 5.92 Å². The highest BCUT2D eigenvalue weighted by molar-refractivity contribution is 4.92. The second-order valence-electron chi connectivity index (χ2n) is 5.89. The molecule has 20 heavy (non-hydrogen) atoms. The smallest absolute Gasteiger partial charge is 0.0964 e. The van der Waals surface area contributed by atoms with E-state index >= 15 is 0 Å². The molecule has 0 radical (unpaired) electrons. The minimum atomic E-state index is 0.234. The van der Waals surface area contributed by atoms with Crippen molar-refractivity contribution in [2.45, 2.75) is 39.0 Å². The number of hydrogen-bond acceptors (Lipinski definition) is 5. The standard InChI is InChI=1S/C14H25N5O/c1-2-18-5-6-20-14(10-18)11-19-9-13(16-17-19)8-15-7-12-3-4-12/h9,12,14-15H,2-8,10-11H2,1H3. The molecule has 2 aliphatic rings. The Balaban J connectivity index is 1.43. The maximum absolute atomic E-state index is 5.80. The molecule has 1 saturated heterocycles. The molecule has 0 aromatic carbocycles. The van der Waals surface area contributed by atoms with Gasteiger partial charge in [-0.1, -0.05) is 12.1 Å². The predicted molar refractivity (Wildman–Crippen MR) is 76.3 cm³/mol. The number of morpholine rings is 1. The summed E-state index contributed by atoms with van der Waals surface area (Å²) in [4.78, 5) is 2.42. The summed E-state index contributed by atoms with van der Waals surface area (Å²) in [6, 6.07) is 0. The molecule has 0 spiro atoms. The molecule has 0 bridgehead atoms. The summed E-state index contributed by atoms with van der Waals surface area (Å²) in [6.45, 7) is 8.88. The maximum atomic E-state index is 5.80. The monoisotopic (exact) mass is 279 g/mol. The van der Waals surface area contributed by atoms with E-state index in [0.717, 1.165) is 57.5 Å². The minimum absolute atomic E-state index is 0.234. The molecule has 1 aromatic heterocycles. The van der Waals surface area contributed by atoms with Crippen LogP contribution in [0, 0.1) is 5.92 Å². The number of ether oxygens (including phenoxy) is 1. The average molecular weight is 279 g/mol. The zero-order chi connectivity index (χ0) is 13.8. The van der Waals surface area contributed by atoms with Gasteiger partial charge in [0, 0.05) is 25.8 Å². The molecule has 2 heterocycles. The third-order valence-electron chi connectivity index (χ3n) is 4.08. The van der Waals surface area contributed by atoms with Gasteiger partial charge in [0.2, 0.25) is 0 Å². The van der Waals surface area contributed by atoms with E-state index in [1.54, 1.807) is 0 Å². The van der Waals surface area contributed by atoms with Crippen molar-refractivity contribution < 1.29 is 4.74 Å². The third-order valence-corrected chi connectivity index (χ3v) is 4.08. The summed E-state index contributed by atoms with van der Waals surface area (Å²) in [7, 11) is 0. The molecule has 112 valence electrons. The second kappa shape index (κ2) is 6.65. The third kappa shape index (κ3) is 4.01. The van der Waals surface area contributed by atoms with Crippen LogP contribution in [0.4, 0.5) is 0 Å². The Morgan fingerprint density at radius 1 is 1.45 bits per heavy atom. The van der Waals surface area contributed by atoms with Gasteiger partial charge in [0.05, 0.1) is 24.9 Å². The summed E-state index contributed by atoms with van der Waals surface area (Å²) in [5.74, 6) is 0.903. The Morgan fingerprint density at radius 2 is 2.35 bits per heavy atom. The lowest BCUT2D eigenvalue weighted by Gasteiger charge is -2.31. The van der Waals surface area contributed by atoms with Crippen molar-refractivity contribution >= 4 is 0 Å². The number of hydrogen-bond donors (Lipinski definition) is 1. The molecule has 1 aliphatic heterocycles. The lowest BCUT2D eigenvalue weighted by atomic mass is 10.2. The van der Waals surface area contributed by atoms with Crippen LogP contribution in [-0.4, -0.2) is 58.8 Å². The van der Waals surface area contributed by atoms with Crippen molar-refractivity contribution in [3.63, 3.8) is 0 Å². The fraction of sp³-hybridized carbons (Fsp3) is 0.857. The summed E-state index contributed by atoms with van der Waals surface area (Å²) in [5, 5.41) is 11.9. The quantitative estimate of drug-likeness (QED) is 0.787. The van der Waals surface area contributed by atoms with Gasteiger partial charge in [-0.05, 0) is 31.8 Å². The molecule has 0 amide bonds. The normalized spacial score (nSPS) is 24.1. The molecule has 3 rings (SSSR count). The zero-order valence-electron chi connectivity index (χ0n) is 12.3. The summed E-state index contributed by atoms with van der Waals surface area (Å²) < 4.78 is 7.71. The van der Waals surface area contributed by atoms with Crippen LogP contribution in [0.25, 0.3) is 0 Å². The molecular formula is C14H25N5O. The fourth-order valence-electron chi connectivity index (χ4n) is 2.62. The van der Waals surface area contributed by atoms with Crippen molar-refractivity contribution in [3.05, 3.63) is 11.9 Å². The zero-order valence-corrected chi connectivity index (χ0v) is 12.3.